The molecule has 2 fully saturated rings. The van der Waals surface area contributed by atoms with Crippen molar-refractivity contribution in [3.05, 3.63) is 11.1 Å². The molecule has 1 aliphatic heterocycles. The van der Waals surface area contributed by atoms with Gasteiger partial charge in [-0.3, -0.25) is 14.4 Å². The second-order valence-corrected chi connectivity index (χ2v) is 10.3. The molecule has 3 aliphatic rings. The fourth-order valence-electron chi connectivity index (χ4n) is 5.74. The fourth-order valence-corrected chi connectivity index (χ4v) is 5.74. The van der Waals surface area contributed by atoms with E-state index in [2.05, 4.69) is 6.92 Å². The summed E-state index contributed by atoms with van der Waals surface area (Å²) in [6.07, 6.45) is -0.632. The highest BCUT2D eigenvalue weighted by Crippen LogP contribution is 2.55. The lowest BCUT2D eigenvalue weighted by Gasteiger charge is -2.39. The molecule has 0 aromatic rings. The molecule has 196 valence electrons. The Labute approximate surface area is 204 Å². The van der Waals surface area contributed by atoms with Gasteiger partial charge in [-0.05, 0) is 38.3 Å². The van der Waals surface area contributed by atoms with E-state index in [1.165, 1.54) is 13.8 Å². The van der Waals surface area contributed by atoms with Crippen molar-refractivity contribution in [2.24, 2.45) is 5.92 Å². The lowest BCUT2D eigenvalue weighted by atomic mass is 9.75. The van der Waals surface area contributed by atoms with E-state index >= 15 is 0 Å². The Morgan fingerprint density at radius 1 is 1.11 bits per heavy atom. The minimum atomic E-state index is -2.53. The van der Waals surface area contributed by atoms with Gasteiger partial charge in [-0.25, -0.2) is 4.79 Å². The van der Waals surface area contributed by atoms with Crippen molar-refractivity contribution >= 4 is 23.7 Å². The number of rotatable bonds is 8. The molecule has 0 spiro atoms. The molecule has 0 aromatic carbocycles. The Kier molecular flexibility index (Phi) is 7.51. The SMILES string of the molecule is CCCCCCCC(=O)O[C@@H]1C(=O)C(C)=C2[C@H]1[C@@](C)(OC(C)=O)C[C@H](O)[C@@]1(O)[C@H]2OC(=O)[C@@]1(C)O. The molecule has 0 unspecified atom stereocenters. The zero-order valence-corrected chi connectivity index (χ0v) is 21.0. The van der Waals surface area contributed by atoms with Crippen LogP contribution in [-0.4, -0.2) is 74.1 Å². The van der Waals surface area contributed by atoms with E-state index in [0.717, 1.165) is 39.5 Å². The average Bonchev–Trinajstić information content (AvgIpc) is 3.07. The van der Waals surface area contributed by atoms with E-state index in [1.807, 2.05) is 0 Å². The van der Waals surface area contributed by atoms with Crippen LogP contribution in [0.1, 0.15) is 79.6 Å². The molecule has 0 aromatic heterocycles. The molecule has 3 rings (SSSR count). The van der Waals surface area contributed by atoms with Gasteiger partial charge in [-0.2, -0.15) is 0 Å². The molecule has 0 bridgehead atoms. The molecule has 7 atom stereocenters. The summed E-state index contributed by atoms with van der Waals surface area (Å²) in [5.41, 5.74) is -6.55. The maximum absolute atomic E-state index is 13.3. The third-order valence-corrected chi connectivity index (χ3v) is 7.67. The second-order valence-electron chi connectivity index (χ2n) is 10.3. The zero-order chi connectivity index (χ0) is 26.3. The number of carbonyl (C=O) groups is 4. The maximum Gasteiger partial charge on any atom is 0.341 e. The first-order chi connectivity index (χ1) is 16.2. The van der Waals surface area contributed by atoms with E-state index in [4.69, 9.17) is 14.2 Å². The smallest absolute Gasteiger partial charge is 0.341 e. The molecule has 1 saturated heterocycles. The summed E-state index contributed by atoms with van der Waals surface area (Å²) < 4.78 is 16.5. The predicted octanol–water partition coefficient (Wildman–Crippen LogP) is 1.27. The van der Waals surface area contributed by atoms with E-state index in [-0.39, 0.29) is 17.6 Å². The first kappa shape index (κ1) is 27.3. The molecule has 0 radical (unpaired) electrons. The Bertz CT molecular complexity index is 937. The van der Waals surface area contributed by atoms with Gasteiger partial charge < -0.3 is 29.5 Å². The van der Waals surface area contributed by atoms with Crippen molar-refractivity contribution in [1.29, 1.82) is 0 Å². The van der Waals surface area contributed by atoms with Crippen LogP contribution in [0.4, 0.5) is 0 Å². The molecule has 35 heavy (non-hydrogen) atoms. The summed E-state index contributed by atoms with van der Waals surface area (Å²) in [5.74, 6) is -4.21. The number of aliphatic hydroxyl groups is 3. The van der Waals surface area contributed by atoms with Gasteiger partial charge in [-0.1, -0.05) is 32.6 Å². The van der Waals surface area contributed by atoms with Gasteiger partial charge in [0.2, 0.25) is 0 Å². The van der Waals surface area contributed by atoms with Gasteiger partial charge in [0.05, 0.1) is 12.0 Å². The second kappa shape index (κ2) is 9.63. The van der Waals surface area contributed by atoms with Crippen molar-refractivity contribution in [1.82, 2.24) is 0 Å². The van der Waals surface area contributed by atoms with Gasteiger partial charge >= 0.3 is 17.9 Å². The lowest BCUT2D eigenvalue weighted by Crippen LogP contribution is -2.63. The van der Waals surface area contributed by atoms with Crippen LogP contribution in [-0.2, 0) is 33.4 Å². The monoisotopic (exact) mass is 496 g/mol. The third-order valence-electron chi connectivity index (χ3n) is 7.67. The fraction of sp³-hybridized carbons (Fsp3) is 0.760. The van der Waals surface area contributed by atoms with Crippen molar-refractivity contribution in [3.8, 4) is 0 Å². The van der Waals surface area contributed by atoms with E-state index < -0.39 is 71.1 Å². The van der Waals surface area contributed by atoms with Crippen LogP contribution in [0.5, 0.6) is 0 Å². The number of fused-ring (bicyclic) bond motifs is 3. The molecule has 0 amide bonds. The van der Waals surface area contributed by atoms with Gasteiger partial charge in [0.15, 0.2) is 29.2 Å². The van der Waals surface area contributed by atoms with Crippen LogP contribution in [0.25, 0.3) is 0 Å². The molecule has 1 heterocycles. The average molecular weight is 497 g/mol. The Morgan fingerprint density at radius 3 is 2.34 bits per heavy atom. The van der Waals surface area contributed by atoms with Gasteiger partial charge in [-0.15, -0.1) is 0 Å². The van der Waals surface area contributed by atoms with Crippen LogP contribution >= 0.6 is 0 Å². The van der Waals surface area contributed by atoms with Crippen LogP contribution in [0.15, 0.2) is 11.1 Å². The molecule has 3 N–H and O–H groups in total. The molecule has 10 heteroatoms. The molecule has 1 saturated carbocycles. The van der Waals surface area contributed by atoms with Crippen molar-refractivity contribution < 1.29 is 48.7 Å². The molecular formula is C25H36O10. The molecular weight excluding hydrogens is 460 g/mol. The number of hydrogen-bond acceptors (Lipinski definition) is 10. The first-order valence-electron chi connectivity index (χ1n) is 12.2. The lowest BCUT2D eigenvalue weighted by molar-refractivity contribution is -0.197. The summed E-state index contributed by atoms with van der Waals surface area (Å²) in [5, 5.41) is 33.3. The number of aliphatic hydroxyl groups excluding tert-OH is 1. The third kappa shape index (κ3) is 4.40. The minimum Gasteiger partial charge on any atom is -0.459 e. The van der Waals surface area contributed by atoms with Gasteiger partial charge in [0.25, 0.3) is 0 Å². The predicted molar refractivity (Wildman–Crippen MR) is 121 cm³/mol. The van der Waals surface area contributed by atoms with Crippen LogP contribution in [0.3, 0.4) is 0 Å². The summed E-state index contributed by atoms with van der Waals surface area (Å²) in [7, 11) is 0. The normalized spacial score (nSPS) is 38.5. The number of unbranched alkanes of at least 4 members (excludes halogenated alkanes) is 4. The van der Waals surface area contributed by atoms with Crippen LogP contribution < -0.4 is 0 Å². The Balaban J connectivity index is 2.01. The van der Waals surface area contributed by atoms with Crippen LogP contribution in [0, 0.1) is 5.92 Å². The van der Waals surface area contributed by atoms with Crippen molar-refractivity contribution in [2.75, 3.05) is 0 Å². The minimum absolute atomic E-state index is 0.0529. The number of ether oxygens (including phenoxy) is 3. The zero-order valence-electron chi connectivity index (χ0n) is 21.0. The highest BCUT2D eigenvalue weighted by molar-refractivity contribution is 6.04. The standard InChI is InChI=1S/C25H36O10/c1-6-7-8-9-10-11-16(28)33-20-18-17(13(2)19(20)29)21-25(32,24(5,31)22(30)34-21)15(27)12-23(18,4)35-14(3)26/h15,18,20-21,27,31-32H,6-12H2,1-5H3/t15-,18+,20-,21-,23-,24+,25+/m0/s1. The van der Waals surface area contributed by atoms with Crippen LogP contribution in [0.2, 0.25) is 0 Å². The number of ketones is 1. The Hall–Kier alpha value is -2.30. The number of carbonyl (C=O) groups excluding carboxylic acids is 4. The summed E-state index contributed by atoms with van der Waals surface area (Å²) in [6, 6.07) is 0. The van der Waals surface area contributed by atoms with E-state index in [1.54, 1.807) is 0 Å². The highest BCUT2D eigenvalue weighted by Gasteiger charge is 2.74. The van der Waals surface area contributed by atoms with Gasteiger partial charge in [0, 0.05) is 19.8 Å². The molecule has 10 nitrogen and oxygen atoms in total. The quantitative estimate of drug-likeness (QED) is 0.254. The maximum atomic E-state index is 13.3. The number of hydrogen-bond donors (Lipinski definition) is 3. The molecule has 2 aliphatic carbocycles. The number of Topliss-reactive ketones (excluding diaryl/α,β-unsaturated/α-hetero) is 1. The first-order valence-corrected chi connectivity index (χ1v) is 12.2. The topological polar surface area (TPSA) is 157 Å². The summed E-state index contributed by atoms with van der Waals surface area (Å²) >= 11 is 0. The van der Waals surface area contributed by atoms with E-state index in [9.17, 15) is 34.5 Å². The van der Waals surface area contributed by atoms with Crippen molar-refractivity contribution in [2.45, 2.75) is 115 Å². The number of esters is 3. The Morgan fingerprint density at radius 2 is 1.74 bits per heavy atom. The van der Waals surface area contributed by atoms with Gasteiger partial charge in [0.1, 0.15) is 5.60 Å². The largest absolute Gasteiger partial charge is 0.459 e. The van der Waals surface area contributed by atoms with Crippen molar-refractivity contribution in [3.63, 3.8) is 0 Å². The highest BCUT2D eigenvalue weighted by atomic mass is 16.6. The summed E-state index contributed by atoms with van der Waals surface area (Å²) in [6.45, 7) is 7.14. The summed E-state index contributed by atoms with van der Waals surface area (Å²) in [4.78, 5) is 50.5. The van der Waals surface area contributed by atoms with E-state index in [0.29, 0.717) is 6.42 Å².